The lowest BCUT2D eigenvalue weighted by molar-refractivity contribution is -0.141. The minimum atomic E-state index is -4.19. The van der Waals surface area contributed by atoms with E-state index in [-0.39, 0.29) is 23.0 Å². The molecule has 0 fully saturated rings. The number of rotatable bonds is 10. The summed E-state index contributed by atoms with van der Waals surface area (Å²) in [5, 5.41) is 3.83. The maximum Gasteiger partial charge on any atom is 0.264 e. The predicted molar refractivity (Wildman–Crippen MR) is 166 cm³/mol. The zero-order chi connectivity index (χ0) is 30.5. The van der Waals surface area contributed by atoms with E-state index in [1.807, 2.05) is 34.6 Å². The number of hydrogen-bond donors (Lipinski definition) is 1. The molecule has 0 aromatic heterocycles. The normalized spacial score (nSPS) is 12.5. The predicted octanol–water partition coefficient (Wildman–Crippen LogP) is 6.53. The number of carbonyl (C=O) groups is 2. The van der Waals surface area contributed by atoms with E-state index in [2.05, 4.69) is 5.32 Å². The van der Waals surface area contributed by atoms with Gasteiger partial charge in [-0.15, -0.1) is 0 Å². The zero-order valence-corrected chi connectivity index (χ0v) is 26.6. The fourth-order valence-corrected chi connectivity index (χ4v) is 6.12. The first-order chi connectivity index (χ1) is 19.1. The van der Waals surface area contributed by atoms with Gasteiger partial charge in [0.05, 0.1) is 10.6 Å². The lowest BCUT2D eigenvalue weighted by Gasteiger charge is -2.35. The molecule has 0 aliphatic carbocycles. The Kier molecular flexibility index (Phi) is 10.5. The van der Waals surface area contributed by atoms with Crippen molar-refractivity contribution in [3.05, 3.63) is 93.5 Å². The number of halogens is 2. The molecule has 0 unspecified atom stereocenters. The summed E-state index contributed by atoms with van der Waals surface area (Å²) in [6.07, 6.45) is 0.322. The molecule has 0 heterocycles. The fraction of sp³-hybridized carbons (Fsp3) is 0.355. The molecule has 7 nitrogen and oxygen atoms in total. The molecular formula is C31H37Cl2N3O4S. The lowest BCUT2D eigenvalue weighted by Crippen LogP contribution is -2.55. The molecule has 1 atom stereocenters. The molecule has 220 valence electrons. The first-order valence-electron chi connectivity index (χ1n) is 13.3. The van der Waals surface area contributed by atoms with Gasteiger partial charge in [-0.05, 0) is 88.6 Å². The number of nitrogens with zero attached hydrogens (tertiary/aromatic N) is 2. The Morgan fingerprint density at radius 3 is 2.05 bits per heavy atom. The Morgan fingerprint density at radius 2 is 1.49 bits per heavy atom. The second-order valence-electron chi connectivity index (χ2n) is 11.1. The van der Waals surface area contributed by atoms with Crippen molar-refractivity contribution in [2.75, 3.05) is 10.8 Å². The van der Waals surface area contributed by atoms with Crippen LogP contribution in [0.4, 0.5) is 5.69 Å². The fourth-order valence-electron chi connectivity index (χ4n) is 4.36. The number of aryl methyl sites for hydroxylation is 2. The van der Waals surface area contributed by atoms with Gasteiger partial charge in [-0.3, -0.25) is 13.9 Å². The highest BCUT2D eigenvalue weighted by molar-refractivity contribution is 7.92. The van der Waals surface area contributed by atoms with Crippen molar-refractivity contribution in [1.82, 2.24) is 10.2 Å². The third-order valence-electron chi connectivity index (χ3n) is 6.48. The highest BCUT2D eigenvalue weighted by Gasteiger charge is 2.35. The quantitative estimate of drug-likeness (QED) is 0.280. The van der Waals surface area contributed by atoms with Gasteiger partial charge in [0.15, 0.2) is 0 Å². The van der Waals surface area contributed by atoms with Crippen LogP contribution < -0.4 is 9.62 Å². The van der Waals surface area contributed by atoms with Crippen LogP contribution in [0, 0.1) is 13.8 Å². The molecule has 3 aromatic carbocycles. The van der Waals surface area contributed by atoms with Crippen molar-refractivity contribution in [2.45, 2.75) is 71.0 Å². The molecule has 0 aliphatic heterocycles. The van der Waals surface area contributed by atoms with Gasteiger partial charge in [0.25, 0.3) is 10.0 Å². The molecule has 0 bridgehead atoms. The number of amides is 2. The van der Waals surface area contributed by atoms with E-state index in [4.69, 9.17) is 23.2 Å². The standard InChI is InChI=1S/C31H37Cl2N3O4S/c1-7-27(30(38)34-31(4,5)6)35(19-23-11-14-24(32)15-12-23)29(37)20-36(28-18-25(33)13-10-22(28)3)41(39,40)26-16-8-21(2)9-17-26/h8-18,27H,7,19-20H2,1-6H3,(H,34,38)/t27-/m1/s1. The maximum absolute atomic E-state index is 14.2. The molecule has 0 aliphatic rings. The largest absolute Gasteiger partial charge is 0.350 e. The third kappa shape index (κ3) is 8.47. The summed E-state index contributed by atoms with van der Waals surface area (Å²) in [6, 6.07) is 17.5. The van der Waals surface area contributed by atoms with Crippen molar-refractivity contribution < 1.29 is 18.0 Å². The smallest absolute Gasteiger partial charge is 0.264 e. The zero-order valence-electron chi connectivity index (χ0n) is 24.2. The summed E-state index contributed by atoms with van der Waals surface area (Å²) in [7, 11) is -4.19. The van der Waals surface area contributed by atoms with Gasteiger partial charge in [-0.1, -0.05) is 66.0 Å². The van der Waals surface area contributed by atoms with Gasteiger partial charge < -0.3 is 10.2 Å². The van der Waals surface area contributed by atoms with Crippen LogP contribution in [0.15, 0.2) is 71.6 Å². The van der Waals surface area contributed by atoms with E-state index < -0.39 is 34.1 Å². The summed E-state index contributed by atoms with van der Waals surface area (Å²) in [5.74, 6) is -0.861. The monoisotopic (exact) mass is 617 g/mol. The Bertz CT molecular complexity index is 1490. The van der Waals surface area contributed by atoms with Crippen LogP contribution >= 0.6 is 23.2 Å². The summed E-state index contributed by atoms with van der Waals surface area (Å²) in [5.41, 5.74) is 2.02. The van der Waals surface area contributed by atoms with Gasteiger partial charge in [-0.2, -0.15) is 0 Å². The van der Waals surface area contributed by atoms with Crippen LogP contribution in [0.2, 0.25) is 10.0 Å². The van der Waals surface area contributed by atoms with E-state index in [0.29, 0.717) is 22.0 Å². The summed E-state index contributed by atoms with van der Waals surface area (Å²) < 4.78 is 29.2. The minimum Gasteiger partial charge on any atom is -0.350 e. The Labute approximate surface area is 253 Å². The van der Waals surface area contributed by atoms with Crippen LogP contribution in [-0.2, 0) is 26.2 Å². The van der Waals surface area contributed by atoms with Gasteiger partial charge in [0.1, 0.15) is 12.6 Å². The number of benzene rings is 3. The minimum absolute atomic E-state index is 0.0389. The lowest BCUT2D eigenvalue weighted by atomic mass is 10.1. The van der Waals surface area contributed by atoms with Crippen LogP contribution in [0.5, 0.6) is 0 Å². The van der Waals surface area contributed by atoms with Crippen LogP contribution in [0.25, 0.3) is 0 Å². The van der Waals surface area contributed by atoms with Crippen LogP contribution in [0.3, 0.4) is 0 Å². The maximum atomic E-state index is 14.2. The van der Waals surface area contributed by atoms with Gasteiger partial charge in [0, 0.05) is 22.1 Å². The molecule has 10 heteroatoms. The first kappa shape index (κ1) is 32.4. The second kappa shape index (κ2) is 13.3. The molecule has 2 amide bonds. The highest BCUT2D eigenvalue weighted by Crippen LogP contribution is 2.30. The van der Waals surface area contributed by atoms with E-state index >= 15 is 0 Å². The molecule has 3 rings (SSSR count). The van der Waals surface area contributed by atoms with E-state index in [1.165, 1.54) is 23.1 Å². The second-order valence-corrected chi connectivity index (χ2v) is 13.8. The molecule has 0 saturated carbocycles. The SMILES string of the molecule is CC[C@H](C(=O)NC(C)(C)C)N(Cc1ccc(Cl)cc1)C(=O)CN(c1cc(Cl)ccc1C)S(=O)(=O)c1ccc(C)cc1. The van der Waals surface area contributed by atoms with Gasteiger partial charge >= 0.3 is 0 Å². The van der Waals surface area contributed by atoms with Crippen LogP contribution in [-0.4, -0.2) is 43.3 Å². The number of nitrogens with one attached hydrogen (secondary N) is 1. The summed E-state index contributed by atoms with van der Waals surface area (Å²) in [4.78, 5) is 29.1. The molecule has 0 spiro atoms. The molecule has 41 heavy (non-hydrogen) atoms. The van der Waals surface area contributed by atoms with Crippen LogP contribution in [0.1, 0.15) is 50.8 Å². The van der Waals surface area contributed by atoms with E-state index in [9.17, 15) is 18.0 Å². The number of anilines is 1. The first-order valence-corrected chi connectivity index (χ1v) is 15.5. The molecular weight excluding hydrogens is 581 g/mol. The van der Waals surface area contributed by atoms with E-state index in [1.54, 1.807) is 55.5 Å². The average molecular weight is 619 g/mol. The Hall–Kier alpha value is -3.07. The van der Waals surface area contributed by atoms with E-state index in [0.717, 1.165) is 15.4 Å². The average Bonchev–Trinajstić information content (AvgIpc) is 2.89. The molecule has 1 N–H and O–H groups in total. The highest BCUT2D eigenvalue weighted by atomic mass is 35.5. The van der Waals surface area contributed by atoms with Crippen molar-refractivity contribution in [1.29, 1.82) is 0 Å². The van der Waals surface area contributed by atoms with Gasteiger partial charge in [0.2, 0.25) is 11.8 Å². The topological polar surface area (TPSA) is 86.8 Å². The van der Waals surface area contributed by atoms with Crippen molar-refractivity contribution in [3.63, 3.8) is 0 Å². The molecule has 0 radical (unpaired) electrons. The summed E-state index contributed by atoms with van der Waals surface area (Å²) in [6.45, 7) is 10.6. The number of hydrogen-bond acceptors (Lipinski definition) is 4. The number of sulfonamides is 1. The Morgan fingerprint density at radius 1 is 0.902 bits per heavy atom. The Balaban J connectivity index is 2.11. The molecule has 3 aromatic rings. The van der Waals surface area contributed by atoms with Crippen molar-refractivity contribution >= 4 is 50.7 Å². The molecule has 0 saturated heterocycles. The van der Waals surface area contributed by atoms with Crippen molar-refractivity contribution in [3.8, 4) is 0 Å². The third-order valence-corrected chi connectivity index (χ3v) is 8.74. The van der Waals surface area contributed by atoms with Gasteiger partial charge in [-0.25, -0.2) is 8.42 Å². The summed E-state index contributed by atoms with van der Waals surface area (Å²) >= 11 is 12.4. The number of carbonyl (C=O) groups excluding carboxylic acids is 2. The van der Waals surface area contributed by atoms with Crippen molar-refractivity contribution in [2.24, 2.45) is 0 Å².